The smallest absolute Gasteiger partial charge is 0.0928 e. The maximum Gasteiger partial charge on any atom is 0.0928 e. The van der Waals surface area contributed by atoms with Gasteiger partial charge in [0.05, 0.1) is 12.7 Å². The molecule has 2 heteroatoms. The normalized spacial score (nSPS) is 12.3. The number of benzene rings is 2. The van der Waals surface area contributed by atoms with Crippen LogP contribution in [0.25, 0.3) is 0 Å². The Hall–Kier alpha value is -1.12. The number of alkyl halides is 1. The van der Waals surface area contributed by atoms with Gasteiger partial charge in [0.2, 0.25) is 0 Å². The largest absolute Gasteiger partial charge is 0.368 e. The van der Waals surface area contributed by atoms with Crippen molar-refractivity contribution in [3.8, 4) is 0 Å². The highest BCUT2D eigenvalue weighted by Gasteiger charge is 2.12. The summed E-state index contributed by atoms with van der Waals surface area (Å²) in [5.41, 5.74) is 3.73. The molecule has 2 aromatic carbocycles. The van der Waals surface area contributed by atoms with Crippen LogP contribution in [0.2, 0.25) is 0 Å². The standard InChI is InChI=1S/C16H17BrO/c1-13-7-5-6-10-15(13)16(11-17)18-12-14-8-3-2-4-9-14/h2-10,16H,11-12H2,1H3. The minimum Gasteiger partial charge on any atom is -0.368 e. The van der Waals surface area contributed by atoms with Gasteiger partial charge in [-0.25, -0.2) is 0 Å². The van der Waals surface area contributed by atoms with Gasteiger partial charge in [-0.1, -0.05) is 70.5 Å². The first-order valence-corrected chi connectivity index (χ1v) is 7.20. The van der Waals surface area contributed by atoms with Crippen LogP contribution in [0.3, 0.4) is 0 Å². The first-order chi connectivity index (χ1) is 8.81. The fourth-order valence-electron chi connectivity index (χ4n) is 1.94. The summed E-state index contributed by atoms with van der Waals surface area (Å²) in [5, 5.41) is 0.810. The van der Waals surface area contributed by atoms with E-state index in [1.165, 1.54) is 16.7 Å². The predicted octanol–water partition coefficient (Wildman–Crippen LogP) is 4.65. The summed E-state index contributed by atoms with van der Waals surface area (Å²) < 4.78 is 6.00. The topological polar surface area (TPSA) is 9.23 Å². The van der Waals surface area contributed by atoms with Crippen molar-refractivity contribution in [1.82, 2.24) is 0 Å². The first kappa shape index (κ1) is 13.3. The lowest BCUT2D eigenvalue weighted by atomic mass is 10.0. The predicted molar refractivity (Wildman–Crippen MR) is 78.9 cm³/mol. The lowest BCUT2D eigenvalue weighted by molar-refractivity contribution is 0.0562. The van der Waals surface area contributed by atoms with E-state index in [1.54, 1.807) is 0 Å². The molecule has 0 aliphatic heterocycles. The molecule has 1 nitrogen and oxygen atoms in total. The number of halogens is 1. The molecule has 0 spiro atoms. The van der Waals surface area contributed by atoms with Crippen LogP contribution in [0.4, 0.5) is 0 Å². The molecule has 0 radical (unpaired) electrons. The number of aryl methyl sites for hydroxylation is 1. The highest BCUT2D eigenvalue weighted by atomic mass is 79.9. The van der Waals surface area contributed by atoms with Crippen LogP contribution >= 0.6 is 15.9 Å². The van der Waals surface area contributed by atoms with Gasteiger partial charge < -0.3 is 4.74 Å². The minimum absolute atomic E-state index is 0.103. The van der Waals surface area contributed by atoms with Gasteiger partial charge in [-0.3, -0.25) is 0 Å². The highest BCUT2D eigenvalue weighted by Crippen LogP contribution is 2.24. The van der Waals surface area contributed by atoms with Crippen LogP contribution in [0.15, 0.2) is 54.6 Å². The molecule has 0 bridgehead atoms. The molecule has 0 heterocycles. The van der Waals surface area contributed by atoms with Crippen molar-refractivity contribution in [2.45, 2.75) is 19.6 Å². The van der Waals surface area contributed by atoms with E-state index in [9.17, 15) is 0 Å². The van der Waals surface area contributed by atoms with Gasteiger partial charge in [0.25, 0.3) is 0 Å². The van der Waals surface area contributed by atoms with Crippen LogP contribution in [0.1, 0.15) is 22.8 Å². The average molecular weight is 305 g/mol. The SMILES string of the molecule is Cc1ccccc1C(CBr)OCc1ccccc1. The molecule has 1 unspecified atom stereocenters. The fraction of sp³-hybridized carbons (Fsp3) is 0.250. The molecular weight excluding hydrogens is 288 g/mol. The Morgan fingerprint density at radius 1 is 1.00 bits per heavy atom. The summed E-state index contributed by atoms with van der Waals surface area (Å²) in [7, 11) is 0. The van der Waals surface area contributed by atoms with Gasteiger partial charge >= 0.3 is 0 Å². The van der Waals surface area contributed by atoms with Crippen molar-refractivity contribution in [2.75, 3.05) is 5.33 Å². The maximum atomic E-state index is 6.00. The van der Waals surface area contributed by atoms with E-state index >= 15 is 0 Å². The van der Waals surface area contributed by atoms with E-state index < -0.39 is 0 Å². The quantitative estimate of drug-likeness (QED) is 0.731. The van der Waals surface area contributed by atoms with Crippen molar-refractivity contribution >= 4 is 15.9 Å². The molecule has 0 aliphatic carbocycles. The molecular formula is C16H17BrO. The molecule has 2 rings (SSSR count). The minimum atomic E-state index is 0.103. The Bertz CT molecular complexity index is 481. The lowest BCUT2D eigenvalue weighted by Gasteiger charge is -2.18. The van der Waals surface area contributed by atoms with Gasteiger partial charge in [0.1, 0.15) is 0 Å². The van der Waals surface area contributed by atoms with Crippen molar-refractivity contribution in [2.24, 2.45) is 0 Å². The summed E-state index contributed by atoms with van der Waals surface area (Å²) in [4.78, 5) is 0. The number of rotatable bonds is 5. The van der Waals surface area contributed by atoms with Gasteiger partial charge in [-0.05, 0) is 23.6 Å². The van der Waals surface area contributed by atoms with Crippen molar-refractivity contribution in [3.05, 3.63) is 71.3 Å². The van der Waals surface area contributed by atoms with E-state index in [-0.39, 0.29) is 6.10 Å². The third-order valence-electron chi connectivity index (χ3n) is 2.97. The maximum absolute atomic E-state index is 6.00. The molecule has 0 aliphatic rings. The zero-order valence-corrected chi connectivity index (χ0v) is 12.1. The summed E-state index contributed by atoms with van der Waals surface area (Å²) in [6.07, 6.45) is 0.103. The molecule has 2 aromatic rings. The molecule has 94 valence electrons. The second-order valence-electron chi connectivity index (χ2n) is 4.30. The Kier molecular flexibility index (Phi) is 4.97. The Balaban J connectivity index is 2.04. The Morgan fingerprint density at radius 3 is 2.33 bits per heavy atom. The zero-order chi connectivity index (χ0) is 12.8. The van der Waals surface area contributed by atoms with E-state index in [0.717, 1.165) is 5.33 Å². The number of hydrogen-bond acceptors (Lipinski definition) is 1. The highest BCUT2D eigenvalue weighted by molar-refractivity contribution is 9.09. The summed E-state index contributed by atoms with van der Waals surface area (Å²) >= 11 is 3.54. The number of ether oxygens (including phenoxy) is 1. The van der Waals surface area contributed by atoms with Crippen LogP contribution in [0, 0.1) is 6.92 Å². The van der Waals surface area contributed by atoms with E-state index in [0.29, 0.717) is 6.61 Å². The average Bonchev–Trinajstić information content (AvgIpc) is 2.42. The fourth-order valence-corrected chi connectivity index (χ4v) is 2.47. The molecule has 18 heavy (non-hydrogen) atoms. The van der Waals surface area contributed by atoms with Gasteiger partial charge in [-0.15, -0.1) is 0 Å². The molecule has 0 saturated heterocycles. The van der Waals surface area contributed by atoms with Crippen LogP contribution in [0.5, 0.6) is 0 Å². The van der Waals surface area contributed by atoms with Gasteiger partial charge in [0.15, 0.2) is 0 Å². The molecule has 1 atom stereocenters. The monoisotopic (exact) mass is 304 g/mol. The van der Waals surface area contributed by atoms with Crippen molar-refractivity contribution < 1.29 is 4.74 Å². The van der Waals surface area contributed by atoms with Gasteiger partial charge in [0, 0.05) is 5.33 Å². The second-order valence-corrected chi connectivity index (χ2v) is 4.94. The number of hydrogen-bond donors (Lipinski definition) is 0. The van der Waals surface area contributed by atoms with Crippen LogP contribution < -0.4 is 0 Å². The first-order valence-electron chi connectivity index (χ1n) is 6.08. The van der Waals surface area contributed by atoms with Gasteiger partial charge in [-0.2, -0.15) is 0 Å². The van der Waals surface area contributed by atoms with Crippen LogP contribution in [-0.2, 0) is 11.3 Å². The summed E-state index contributed by atoms with van der Waals surface area (Å²) in [6, 6.07) is 18.6. The third-order valence-corrected chi connectivity index (χ3v) is 3.56. The van der Waals surface area contributed by atoms with E-state index in [1.807, 2.05) is 18.2 Å². The molecule has 0 amide bonds. The molecule has 0 saturated carbocycles. The summed E-state index contributed by atoms with van der Waals surface area (Å²) in [5.74, 6) is 0. The van der Waals surface area contributed by atoms with Crippen molar-refractivity contribution in [3.63, 3.8) is 0 Å². The van der Waals surface area contributed by atoms with E-state index in [4.69, 9.17) is 4.74 Å². The Morgan fingerprint density at radius 2 is 1.67 bits per heavy atom. The third kappa shape index (κ3) is 3.44. The Labute approximate surface area is 117 Å². The van der Waals surface area contributed by atoms with E-state index in [2.05, 4.69) is 59.3 Å². The van der Waals surface area contributed by atoms with Crippen molar-refractivity contribution in [1.29, 1.82) is 0 Å². The molecule has 0 aromatic heterocycles. The second kappa shape index (κ2) is 6.72. The lowest BCUT2D eigenvalue weighted by Crippen LogP contribution is -2.07. The molecule has 0 fully saturated rings. The zero-order valence-electron chi connectivity index (χ0n) is 10.5. The molecule has 0 N–H and O–H groups in total. The summed E-state index contributed by atoms with van der Waals surface area (Å²) in [6.45, 7) is 2.77. The van der Waals surface area contributed by atoms with Crippen LogP contribution in [-0.4, -0.2) is 5.33 Å².